The molecule has 1 unspecified atom stereocenters. The number of piperidine rings is 1. The lowest BCUT2D eigenvalue weighted by Gasteiger charge is -2.38. The third-order valence-corrected chi connectivity index (χ3v) is 3.80. The Labute approximate surface area is 104 Å². The number of nitrogens with two attached hydrogens (primary N) is 1. The van der Waals surface area contributed by atoms with Crippen molar-refractivity contribution in [2.24, 2.45) is 5.90 Å². The third-order valence-electron chi connectivity index (χ3n) is 3.80. The van der Waals surface area contributed by atoms with Crippen molar-refractivity contribution >= 4 is 5.69 Å². The highest BCUT2D eigenvalue weighted by Gasteiger charge is 2.23. The SMILES string of the molecule is Cc1cccc(N2CCCCC2CON)c1C. The van der Waals surface area contributed by atoms with E-state index in [0.29, 0.717) is 12.6 Å². The third kappa shape index (κ3) is 2.61. The first-order chi connectivity index (χ1) is 8.24. The van der Waals surface area contributed by atoms with Crippen LogP contribution in [0.1, 0.15) is 30.4 Å². The minimum absolute atomic E-state index is 0.425. The second-order valence-corrected chi connectivity index (χ2v) is 4.90. The number of anilines is 1. The van der Waals surface area contributed by atoms with Gasteiger partial charge in [-0.05, 0) is 50.3 Å². The molecule has 1 aliphatic rings. The van der Waals surface area contributed by atoms with E-state index in [1.165, 1.54) is 36.1 Å². The number of aryl methyl sites for hydroxylation is 1. The fraction of sp³-hybridized carbons (Fsp3) is 0.571. The fourth-order valence-electron chi connectivity index (χ4n) is 2.65. The maximum atomic E-state index is 5.24. The molecule has 3 nitrogen and oxygen atoms in total. The minimum atomic E-state index is 0.425. The van der Waals surface area contributed by atoms with E-state index < -0.39 is 0 Å². The molecule has 2 N–H and O–H groups in total. The monoisotopic (exact) mass is 234 g/mol. The normalized spacial score (nSPS) is 20.6. The van der Waals surface area contributed by atoms with Crippen LogP contribution in [0.25, 0.3) is 0 Å². The summed E-state index contributed by atoms with van der Waals surface area (Å²) in [6.07, 6.45) is 3.70. The van der Waals surface area contributed by atoms with Crippen LogP contribution in [0.2, 0.25) is 0 Å². The second kappa shape index (κ2) is 5.52. The van der Waals surface area contributed by atoms with Gasteiger partial charge in [0.15, 0.2) is 0 Å². The Bertz CT molecular complexity index is 376. The molecule has 1 fully saturated rings. The molecular formula is C14H22N2O. The molecule has 0 bridgehead atoms. The quantitative estimate of drug-likeness (QED) is 0.817. The lowest BCUT2D eigenvalue weighted by molar-refractivity contribution is 0.114. The molecule has 1 aliphatic heterocycles. The molecule has 0 saturated carbocycles. The first-order valence-electron chi connectivity index (χ1n) is 6.38. The van der Waals surface area contributed by atoms with Crippen molar-refractivity contribution in [2.45, 2.75) is 39.2 Å². The molecule has 3 heteroatoms. The van der Waals surface area contributed by atoms with Crippen molar-refractivity contribution in [1.82, 2.24) is 0 Å². The second-order valence-electron chi connectivity index (χ2n) is 4.90. The van der Waals surface area contributed by atoms with Crippen molar-refractivity contribution in [3.63, 3.8) is 0 Å². The zero-order valence-corrected chi connectivity index (χ0v) is 10.8. The molecule has 1 saturated heterocycles. The number of nitrogens with zero attached hydrogens (tertiary/aromatic N) is 1. The van der Waals surface area contributed by atoms with Crippen LogP contribution in [0, 0.1) is 13.8 Å². The highest BCUT2D eigenvalue weighted by atomic mass is 16.6. The zero-order chi connectivity index (χ0) is 12.3. The standard InChI is InChI=1S/C14H22N2O/c1-11-6-5-8-14(12(11)2)16-9-4-3-7-13(16)10-17-15/h5-6,8,13H,3-4,7,9-10,15H2,1-2H3. The van der Waals surface area contributed by atoms with Gasteiger partial charge in [0.2, 0.25) is 0 Å². The Morgan fingerprint density at radius 3 is 2.94 bits per heavy atom. The van der Waals surface area contributed by atoms with Gasteiger partial charge in [-0.25, -0.2) is 5.90 Å². The van der Waals surface area contributed by atoms with Crippen LogP contribution in [0.4, 0.5) is 5.69 Å². The smallest absolute Gasteiger partial charge is 0.0882 e. The lowest BCUT2D eigenvalue weighted by atomic mass is 9.99. The van der Waals surface area contributed by atoms with Crippen molar-refractivity contribution in [3.05, 3.63) is 29.3 Å². The van der Waals surface area contributed by atoms with Gasteiger partial charge in [-0.2, -0.15) is 0 Å². The molecule has 1 heterocycles. The van der Waals surface area contributed by atoms with Gasteiger partial charge in [0.25, 0.3) is 0 Å². The largest absolute Gasteiger partial charge is 0.366 e. The van der Waals surface area contributed by atoms with E-state index in [1.807, 2.05) is 0 Å². The minimum Gasteiger partial charge on any atom is -0.366 e. The number of hydrogen-bond donors (Lipinski definition) is 1. The van der Waals surface area contributed by atoms with Gasteiger partial charge < -0.3 is 9.74 Å². The van der Waals surface area contributed by atoms with Crippen LogP contribution in [-0.4, -0.2) is 19.2 Å². The molecule has 17 heavy (non-hydrogen) atoms. The number of benzene rings is 1. The first-order valence-corrected chi connectivity index (χ1v) is 6.38. The maximum absolute atomic E-state index is 5.24. The summed E-state index contributed by atoms with van der Waals surface area (Å²) in [4.78, 5) is 7.32. The highest BCUT2D eigenvalue weighted by molar-refractivity contribution is 5.57. The van der Waals surface area contributed by atoms with Crippen molar-refractivity contribution in [2.75, 3.05) is 18.1 Å². The van der Waals surface area contributed by atoms with Gasteiger partial charge in [-0.3, -0.25) is 0 Å². The summed E-state index contributed by atoms with van der Waals surface area (Å²) in [6.45, 7) is 6.09. The lowest BCUT2D eigenvalue weighted by Crippen LogP contribution is -2.43. The van der Waals surface area contributed by atoms with E-state index >= 15 is 0 Å². The van der Waals surface area contributed by atoms with Crippen molar-refractivity contribution in [3.8, 4) is 0 Å². The molecule has 0 amide bonds. The van der Waals surface area contributed by atoms with E-state index in [4.69, 9.17) is 10.7 Å². The van der Waals surface area contributed by atoms with Gasteiger partial charge in [0, 0.05) is 12.2 Å². The topological polar surface area (TPSA) is 38.5 Å². The summed E-state index contributed by atoms with van der Waals surface area (Å²) >= 11 is 0. The Balaban J connectivity index is 2.26. The molecule has 0 aliphatic carbocycles. The van der Waals surface area contributed by atoms with Gasteiger partial charge in [-0.15, -0.1) is 0 Å². The highest BCUT2D eigenvalue weighted by Crippen LogP contribution is 2.29. The van der Waals surface area contributed by atoms with Crippen molar-refractivity contribution < 1.29 is 4.84 Å². The Hall–Kier alpha value is -1.06. The van der Waals surface area contributed by atoms with E-state index in [0.717, 1.165) is 6.54 Å². The molecule has 0 spiro atoms. The fourth-order valence-corrected chi connectivity index (χ4v) is 2.65. The molecule has 1 atom stereocenters. The average Bonchev–Trinajstić information content (AvgIpc) is 2.34. The van der Waals surface area contributed by atoms with E-state index in [9.17, 15) is 0 Å². The zero-order valence-electron chi connectivity index (χ0n) is 10.8. The summed E-state index contributed by atoms with van der Waals surface area (Å²) in [5, 5.41) is 0. The Morgan fingerprint density at radius 1 is 1.35 bits per heavy atom. The summed E-state index contributed by atoms with van der Waals surface area (Å²) in [6, 6.07) is 6.93. The van der Waals surface area contributed by atoms with Gasteiger partial charge in [0.1, 0.15) is 0 Å². The predicted octanol–water partition coefficient (Wildman–Crippen LogP) is 2.55. The summed E-state index contributed by atoms with van der Waals surface area (Å²) in [5.74, 6) is 5.24. The van der Waals surface area contributed by atoms with Crippen molar-refractivity contribution in [1.29, 1.82) is 0 Å². The molecule has 1 aromatic rings. The van der Waals surface area contributed by atoms with Crippen LogP contribution >= 0.6 is 0 Å². The first kappa shape index (κ1) is 12.4. The van der Waals surface area contributed by atoms with Gasteiger partial charge >= 0.3 is 0 Å². The molecule has 94 valence electrons. The molecular weight excluding hydrogens is 212 g/mol. The van der Waals surface area contributed by atoms with Crippen LogP contribution in [0.15, 0.2) is 18.2 Å². The number of hydrogen-bond acceptors (Lipinski definition) is 3. The summed E-state index contributed by atoms with van der Waals surface area (Å²) in [5.41, 5.74) is 4.06. The summed E-state index contributed by atoms with van der Waals surface area (Å²) in [7, 11) is 0. The van der Waals surface area contributed by atoms with E-state index in [-0.39, 0.29) is 0 Å². The van der Waals surface area contributed by atoms with E-state index in [2.05, 4.69) is 36.9 Å². The molecule has 2 rings (SSSR count). The average molecular weight is 234 g/mol. The molecule has 1 aromatic carbocycles. The van der Waals surface area contributed by atoms with Crippen LogP contribution in [0.3, 0.4) is 0 Å². The number of rotatable bonds is 3. The Morgan fingerprint density at radius 2 is 2.18 bits per heavy atom. The van der Waals surface area contributed by atoms with Gasteiger partial charge in [0.05, 0.1) is 12.6 Å². The Kier molecular flexibility index (Phi) is 4.02. The van der Waals surface area contributed by atoms with Crippen LogP contribution in [-0.2, 0) is 4.84 Å². The molecule has 0 radical (unpaired) electrons. The van der Waals surface area contributed by atoms with Crippen LogP contribution in [0.5, 0.6) is 0 Å². The molecule has 0 aromatic heterocycles. The summed E-state index contributed by atoms with van der Waals surface area (Å²) < 4.78 is 0. The van der Waals surface area contributed by atoms with E-state index in [1.54, 1.807) is 0 Å². The maximum Gasteiger partial charge on any atom is 0.0882 e. The van der Waals surface area contributed by atoms with Crippen LogP contribution < -0.4 is 10.8 Å². The van der Waals surface area contributed by atoms with Gasteiger partial charge in [-0.1, -0.05) is 12.1 Å². The predicted molar refractivity (Wildman–Crippen MR) is 71.0 cm³/mol.